The zero-order valence-corrected chi connectivity index (χ0v) is 8.10. The summed E-state index contributed by atoms with van der Waals surface area (Å²) in [4.78, 5) is 3.95. The quantitative estimate of drug-likeness (QED) is 0.730. The lowest BCUT2D eigenvalue weighted by molar-refractivity contribution is 1.37. The Labute approximate surface area is 85.3 Å². The first kappa shape index (κ1) is 8.60. The summed E-state index contributed by atoms with van der Waals surface area (Å²) in [5.74, 6) is 0.469. The number of pyridine rings is 1. The number of fused-ring (bicyclic) bond motifs is 1. The van der Waals surface area contributed by atoms with Gasteiger partial charge in [-0.2, -0.15) is 0 Å². The monoisotopic (exact) mass is 212 g/mol. The molecule has 0 atom stereocenters. The lowest BCUT2D eigenvalue weighted by Crippen LogP contribution is -1.90. The van der Waals surface area contributed by atoms with Crippen LogP contribution < -0.4 is 5.73 Å². The number of hydrogen-bond acceptors (Lipinski definition) is 2. The molecule has 13 heavy (non-hydrogen) atoms. The average Bonchev–Trinajstić information content (AvgIpc) is 2.09. The summed E-state index contributed by atoms with van der Waals surface area (Å²) in [6.07, 6.45) is 1.64. The first-order valence-electron chi connectivity index (χ1n) is 3.68. The molecule has 1 aromatic heterocycles. The standard InChI is InChI=1S/C9H6Cl2N2/c10-7-3-5-1-2-13-9(12)6(5)4-8(7)11/h1-4H,(H2,12,13). The van der Waals surface area contributed by atoms with Crippen LogP contribution in [0.15, 0.2) is 24.4 Å². The van der Waals surface area contributed by atoms with Crippen LogP contribution in [0.25, 0.3) is 10.8 Å². The van der Waals surface area contributed by atoms with E-state index in [1.165, 1.54) is 0 Å². The predicted octanol–water partition coefficient (Wildman–Crippen LogP) is 3.12. The van der Waals surface area contributed by atoms with Crippen LogP contribution in [0.2, 0.25) is 10.0 Å². The minimum Gasteiger partial charge on any atom is -0.383 e. The van der Waals surface area contributed by atoms with E-state index in [0.717, 1.165) is 10.8 Å². The van der Waals surface area contributed by atoms with E-state index in [4.69, 9.17) is 28.9 Å². The van der Waals surface area contributed by atoms with Crippen LogP contribution in [-0.4, -0.2) is 4.98 Å². The maximum atomic E-state index is 5.85. The van der Waals surface area contributed by atoms with Crippen LogP contribution in [0.3, 0.4) is 0 Å². The Balaban J connectivity index is 2.89. The minimum absolute atomic E-state index is 0.469. The van der Waals surface area contributed by atoms with Gasteiger partial charge in [-0.15, -0.1) is 0 Å². The smallest absolute Gasteiger partial charge is 0.131 e. The molecule has 0 amide bonds. The molecule has 0 spiro atoms. The van der Waals surface area contributed by atoms with Gasteiger partial charge in [0.15, 0.2) is 0 Å². The number of hydrogen-bond donors (Lipinski definition) is 1. The minimum atomic E-state index is 0.469. The van der Waals surface area contributed by atoms with Crippen molar-refractivity contribution < 1.29 is 0 Å². The fourth-order valence-corrected chi connectivity index (χ4v) is 1.53. The van der Waals surface area contributed by atoms with E-state index in [9.17, 15) is 0 Å². The van der Waals surface area contributed by atoms with Crippen molar-refractivity contribution in [1.82, 2.24) is 4.98 Å². The Hall–Kier alpha value is -0.990. The summed E-state index contributed by atoms with van der Waals surface area (Å²) in [5, 5.41) is 2.80. The summed E-state index contributed by atoms with van der Waals surface area (Å²) in [5.41, 5.74) is 5.66. The molecule has 0 saturated heterocycles. The highest BCUT2D eigenvalue weighted by atomic mass is 35.5. The largest absolute Gasteiger partial charge is 0.383 e. The number of nitrogens with two attached hydrogens (primary N) is 1. The molecule has 0 saturated carbocycles. The van der Waals surface area contributed by atoms with Gasteiger partial charge in [-0.3, -0.25) is 0 Å². The van der Waals surface area contributed by atoms with E-state index in [2.05, 4.69) is 4.98 Å². The molecule has 0 aliphatic heterocycles. The fourth-order valence-electron chi connectivity index (χ4n) is 1.19. The fraction of sp³-hybridized carbons (Fsp3) is 0. The lowest BCUT2D eigenvalue weighted by Gasteiger charge is -2.02. The highest BCUT2D eigenvalue weighted by molar-refractivity contribution is 6.42. The van der Waals surface area contributed by atoms with Gasteiger partial charge in [-0.1, -0.05) is 23.2 Å². The molecule has 0 bridgehead atoms. The number of rotatable bonds is 0. The van der Waals surface area contributed by atoms with Crippen LogP contribution in [-0.2, 0) is 0 Å². The van der Waals surface area contributed by atoms with Crippen LogP contribution in [0.1, 0.15) is 0 Å². The molecule has 0 aliphatic rings. The van der Waals surface area contributed by atoms with E-state index in [1.54, 1.807) is 18.3 Å². The summed E-state index contributed by atoms with van der Waals surface area (Å²) in [7, 11) is 0. The van der Waals surface area contributed by atoms with Crippen LogP contribution >= 0.6 is 23.2 Å². The number of nitrogens with zero attached hydrogens (tertiary/aromatic N) is 1. The number of halogens is 2. The molecule has 1 aromatic carbocycles. The Morgan fingerprint density at radius 3 is 2.62 bits per heavy atom. The Bertz CT molecular complexity index is 468. The number of benzene rings is 1. The third-order valence-corrected chi connectivity index (χ3v) is 2.56. The normalized spacial score (nSPS) is 10.6. The molecule has 66 valence electrons. The van der Waals surface area contributed by atoms with Crippen molar-refractivity contribution in [2.24, 2.45) is 0 Å². The van der Waals surface area contributed by atoms with Crippen LogP contribution in [0, 0.1) is 0 Å². The molecule has 0 radical (unpaired) electrons. The van der Waals surface area contributed by atoms with Crippen LogP contribution in [0.4, 0.5) is 5.82 Å². The molecule has 0 fully saturated rings. The van der Waals surface area contributed by atoms with Gasteiger partial charge >= 0.3 is 0 Å². The molecular formula is C9H6Cl2N2. The van der Waals surface area contributed by atoms with E-state index in [-0.39, 0.29) is 0 Å². The van der Waals surface area contributed by atoms with Gasteiger partial charge in [0, 0.05) is 11.6 Å². The Morgan fingerprint density at radius 2 is 1.85 bits per heavy atom. The first-order valence-corrected chi connectivity index (χ1v) is 4.43. The molecule has 2 N–H and O–H groups in total. The average molecular weight is 213 g/mol. The predicted molar refractivity (Wildman–Crippen MR) is 56.2 cm³/mol. The molecule has 2 aromatic rings. The second kappa shape index (κ2) is 3.05. The maximum Gasteiger partial charge on any atom is 0.131 e. The van der Waals surface area contributed by atoms with Crippen molar-refractivity contribution in [2.45, 2.75) is 0 Å². The van der Waals surface area contributed by atoms with Gasteiger partial charge in [0.2, 0.25) is 0 Å². The van der Waals surface area contributed by atoms with Crippen molar-refractivity contribution in [3.63, 3.8) is 0 Å². The molecular weight excluding hydrogens is 207 g/mol. The molecule has 0 unspecified atom stereocenters. The van der Waals surface area contributed by atoms with E-state index < -0.39 is 0 Å². The molecule has 1 heterocycles. The maximum absolute atomic E-state index is 5.85. The van der Waals surface area contributed by atoms with Crippen LogP contribution in [0.5, 0.6) is 0 Å². The van der Waals surface area contributed by atoms with Crippen molar-refractivity contribution in [1.29, 1.82) is 0 Å². The van der Waals surface area contributed by atoms with Crippen molar-refractivity contribution in [3.05, 3.63) is 34.4 Å². The summed E-state index contributed by atoms with van der Waals surface area (Å²) < 4.78 is 0. The van der Waals surface area contributed by atoms with Crippen molar-refractivity contribution in [2.75, 3.05) is 5.73 Å². The SMILES string of the molecule is Nc1nccc2cc(Cl)c(Cl)cc12. The Kier molecular flexibility index (Phi) is 2.02. The Morgan fingerprint density at radius 1 is 1.15 bits per heavy atom. The van der Waals surface area contributed by atoms with Crippen molar-refractivity contribution in [3.8, 4) is 0 Å². The van der Waals surface area contributed by atoms with E-state index >= 15 is 0 Å². The number of nitrogen functional groups attached to an aromatic ring is 1. The molecule has 2 rings (SSSR count). The highest BCUT2D eigenvalue weighted by Crippen LogP contribution is 2.29. The summed E-state index contributed by atoms with van der Waals surface area (Å²) >= 11 is 11.7. The number of aromatic nitrogens is 1. The van der Waals surface area contributed by atoms with Gasteiger partial charge in [0.05, 0.1) is 10.0 Å². The van der Waals surface area contributed by atoms with Gasteiger partial charge in [0.1, 0.15) is 5.82 Å². The number of anilines is 1. The third-order valence-electron chi connectivity index (χ3n) is 1.84. The third kappa shape index (κ3) is 1.43. The topological polar surface area (TPSA) is 38.9 Å². The van der Waals surface area contributed by atoms with E-state index in [0.29, 0.717) is 15.9 Å². The highest BCUT2D eigenvalue weighted by Gasteiger charge is 2.03. The summed E-state index contributed by atoms with van der Waals surface area (Å²) in [6.45, 7) is 0. The lowest BCUT2D eigenvalue weighted by atomic mass is 10.1. The van der Waals surface area contributed by atoms with Gasteiger partial charge in [-0.05, 0) is 23.6 Å². The zero-order valence-electron chi connectivity index (χ0n) is 6.59. The van der Waals surface area contributed by atoms with Gasteiger partial charge in [0.25, 0.3) is 0 Å². The summed E-state index contributed by atoms with van der Waals surface area (Å²) in [6, 6.07) is 5.34. The zero-order chi connectivity index (χ0) is 9.42. The molecule has 4 heteroatoms. The van der Waals surface area contributed by atoms with Gasteiger partial charge < -0.3 is 5.73 Å². The van der Waals surface area contributed by atoms with Gasteiger partial charge in [-0.25, -0.2) is 4.98 Å². The first-order chi connectivity index (χ1) is 6.18. The molecule has 0 aliphatic carbocycles. The second-order valence-electron chi connectivity index (χ2n) is 2.68. The second-order valence-corrected chi connectivity index (χ2v) is 3.50. The van der Waals surface area contributed by atoms with E-state index in [1.807, 2.05) is 6.07 Å². The van der Waals surface area contributed by atoms with Crippen molar-refractivity contribution >= 4 is 39.8 Å². The molecule has 2 nitrogen and oxygen atoms in total.